The van der Waals surface area contributed by atoms with Gasteiger partial charge in [0.15, 0.2) is 34.8 Å². The zero-order valence-corrected chi connectivity index (χ0v) is 26.0. The molecule has 15 heteroatoms. The largest absolute Gasteiger partial charge is 0.494 e. The van der Waals surface area contributed by atoms with Crippen LogP contribution in [0, 0.1) is 17.5 Å². The number of nitrogens with zero attached hydrogens (tertiary/aromatic N) is 4. The SMILES string of the molecule is COc1cc2sc(-c3c(N)n[nH]c3-c3cccc(F)c3)nc2cc1F.COc1cc2sc(-c3c(N)n[nH]c3C3CC3)nc2cc1F. The number of nitrogens with one attached hydrogen (secondary N) is 2. The molecule has 4 heterocycles. The van der Waals surface area contributed by atoms with Crippen LogP contribution in [0.2, 0.25) is 0 Å². The number of hydrogen-bond donors (Lipinski definition) is 4. The molecule has 1 fully saturated rings. The molecule has 46 heavy (non-hydrogen) atoms. The van der Waals surface area contributed by atoms with Crippen molar-refractivity contribution in [3.63, 3.8) is 0 Å². The molecule has 0 amide bonds. The van der Waals surface area contributed by atoms with Crippen LogP contribution in [0.4, 0.5) is 24.8 Å². The van der Waals surface area contributed by atoms with Gasteiger partial charge in [0.2, 0.25) is 0 Å². The van der Waals surface area contributed by atoms with Crippen LogP contribution >= 0.6 is 22.7 Å². The number of ether oxygens (including phenoxy) is 2. The van der Waals surface area contributed by atoms with Crippen molar-refractivity contribution in [2.75, 3.05) is 25.7 Å². The fourth-order valence-corrected chi connectivity index (χ4v) is 7.15. The van der Waals surface area contributed by atoms with Gasteiger partial charge in [-0.3, -0.25) is 10.2 Å². The molecule has 1 aliphatic carbocycles. The molecule has 4 aromatic heterocycles. The molecule has 3 aromatic carbocycles. The summed E-state index contributed by atoms with van der Waals surface area (Å²) in [6.45, 7) is 0. The number of anilines is 2. The average molecular weight is 663 g/mol. The standard InChI is InChI=1S/C17H12F2N4OS.C14H13FN4OS/c1-24-12-7-13-11(6-10(12)19)21-17(25-13)14-15(22-23-16(14)20)8-3-2-4-9(18)5-8;1-20-9-5-10-8(4-7(9)15)17-14(21-10)11-12(6-2-3-6)18-19-13(11)16/h2-7H,1H3,(H3,20,22,23);4-6H,2-3H2,1H3,(H3,16,18,19). The lowest BCUT2D eigenvalue weighted by Crippen LogP contribution is -1.89. The van der Waals surface area contributed by atoms with Gasteiger partial charge in [0.25, 0.3) is 0 Å². The number of thiazole rings is 2. The first-order chi connectivity index (χ1) is 22.2. The van der Waals surface area contributed by atoms with Gasteiger partial charge < -0.3 is 20.9 Å². The topological polar surface area (TPSA) is 154 Å². The van der Waals surface area contributed by atoms with Crippen molar-refractivity contribution in [3.05, 3.63) is 71.7 Å². The van der Waals surface area contributed by atoms with Crippen molar-refractivity contribution in [2.45, 2.75) is 18.8 Å². The molecule has 1 aliphatic rings. The predicted octanol–water partition coefficient (Wildman–Crippen LogP) is 7.52. The molecule has 1 saturated carbocycles. The van der Waals surface area contributed by atoms with Crippen molar-refractivity contribution in [2.24, 2.45) is 0 Å². The number of hydrogen-bond acceptors (Lipinski definition) is 10. The molecule has 10 nitrogen and oxygen atoms in total. The lowest BCUT2D eigenvalue weighted by atomic mass is 10.1. The van der Waals surface area contributed by atoms with Crippen LogP contribution in [0.25, 0.3) is 52.8 Å². The maximum absolute atomic E-state index is 13.9. The highest BCUT2D eigenvalue weighted by Crippen LogP contribution is 2.47. The van der Waals surface area contributed by atoms with E-state index in [0.29, 0.717) is 44.6 Å². The number of benzene rings is 3. The molecule has 0 spiro atoms. The highest BCUT2D eigenvalue weighted by atomic mass is 32.1. The van der Waals surface area contributed by atoms with Gasteiger partial charge >= 0.3 is 0 Å². The van der Waals surface area contributed by atoms with E-state index in [1.165, 1.54) is 61.2 Å². The summed E-state index contributed by atoms with van der Waals surface area (Å²) in [7, 11) is 2.85. The summed E-state index contributed by atoms with van der Waals surface area (Å²) < 4.78 is 52.8. The molecule has 0 atom stereocenters. The minimum atomic E-state index is -0.489. The van der Waals surface area contributed by atoms with Gasteiger partial charge in [-0.25, -0.2) is 23.1 Å². The molecule has 0 aliphatic heterocycles. The van der Waals surface area contributed by atoms with Crippen molar-refractivity contribution < 1.29 is 22.6 Å². The Labute approximate surface area is 267 Å². The first kappa shape index (κ1) is 29.6. The Morgan fingerprint density at radius 1 is 0.761 bits per heavy atom. The number of rotatable bonds is 6. The number of nitrogen functional groups attached to an aromatic ring is 2. The average Bonchev–Trinajstić information content (AvgIpc) is 3.31. The highest BCUT2D eigenvalue weighted by molar-refractivity contribution is 7.22. The van der Waals surface area contributed by atoms with E-state index in [9.17, 15) is 13.2 Å². The quantitative estimate of drug-likeness (QED) is 0.143. The van der Waals surface area contributed by atoms with Gasteiger partial charge in [-0.05, 0) is 25.0 Å². The third-order valence-corrected chi connectivity index (χ3v) is 9.54. The van der Waals surface area contributed by atoms with E-state index >= 15 is 0 Å². The molecule has 8 rings (SSSR count). The van der Waals surface area contributed by atoms with E-state index in [2.05, 4.69) is 30.4 Å². The minimum Gasteiger partial charge on any atom is -0.494 e. The van der Waals surface area contributed by atoms with Crippen LogP contribution in [0.3, 0.4) is 0 Å². The highest BCUT2D eigenvalue weighted by Gasteiger charge is 2.31. The first-order valence-electron chi connectivity index (χ1n) is 14.0. The lowest BCUT2D eigenvalue weighted by molar-refractivity contribution is 0.387. The van der Waals surface area contributed by atoms with Crippen molar-refractivity contribution in [3.8, 4) is 43.9 Å². The van der Waals surface area contributed by atoms with Gasteiger partial charge in [0, 0.05) is 35.7 Å². The Morgan fingerprint density at radius 3 is 1.89 bits per heavy atom. The van der Waals surface area contributed by atoms with Gasteiger partial charge in [-0.2, -0.15) is 10.2 Å². The summed E-state index contributed by atoms with van der Waals surface area (Å²) in [5.74, 6) is 0.278. The van der Waals surface area contributed by atoms with Gasteiger partial charge in [0.05, 0.1) is 57.2 Å². The molecule has 234 valence electrons. The van der Waals surface area contributed by atoms with Crippen molar-refractivity contribution in [1.29, 1.82) is 0 Å². The molecule has 0 radical (unpaired) electrons. The van der Waals surface area contributed by atoms with Crippen molar-refractivity contribution in [1.82, 2.24) is 30.4 Å². The van der Waals surface area contributed by atoms with Gasteiger partial charge in [-0.15, -0.1) is 22.7 Å². The monoisotopic (exact) mass is 662 g/mol. The Morgan fingerprint density at radius 2 is 1.33 bits per heavy atom. The van der Waals surface area contributed by atoms with E-state index in [4.69, 9.17) is 20.9 Å². The Hall–Kier alpha value is -5.15. The second-order valence-corrected chi connectivity index (χ2v) is 12.5. The number of H-pyrrole nitrogens is 2. The second kappa shape index (κ2) is 11.7. The minimum absolute atomic E-state index is 0.146. The Balaban J connectivity index is 0.000000149. The summed E-state index contributed by atoms with van der Waals surface area (Å²) in [6, 6.07) is 12.0. The van der Waals surface area contributed by atoms with E-state index in [0.717, 1.165) is 38.5 Å². The Bertz CT molecular complexity index is 2240. The zero-order valence-electron chi connectivity index (χ0n) is 24.3. The fraction of sp³-hybridized carbons (Fsp3) is 0.161. The van der Waals surface area contributed by atoms with Crippen LogP contribution in [-0.2, 0) is 0 Å². The van der Waals surface area contributed by atoms with E-state index in [-0.39, 0.29) is 23.1 Å². The normalized spacial score (nSPS) is 12.8. The van der Waals surface area contributed by atoms with E-state index in [1.54, 1.807) is 24.3 Å². The van der Waals surface area contributed by atoms with E-state index in [1.807, 2.05) is 0 Å². The number of nitrogens with two attached hydrogens (primary N) is 2. The molecular weight excluding hydrogens is 638 g/mol. The maximum Gasteiger partial charge on any atom is 0.167 e. The fourth-order valence-electron chi connectivity index (χ4n) is 5.07. The summed E-state index contributed by atoms with van der Waals surface area (Å²) in [4.78, 5) is 8.96. The lowest BCUT2D eigenvalue weighted by Gasteiger charge is -2.01. The molecule has 0 bridgehead atoms. The molecule has 6 N–H and O–H groups in total. The third kappa shape index (κ3) is 5.37. The Kier molecular flexibility index (Phi) is 7.49. The smallest absolute Gasteiger partial charge is 0.167 e. The summed E-state index contributed by atoms with van der Waals surface area (Å²) in [5.41, 5.74) is 16.7. The molecular formula is C31H25F3N8O2S2. The number of fused-ring (bicyclic) bond motifs is 2. The first-order valence-corrected chi connectivity index (χ1v) is 15.6. The molecule has 7 aromatic rings. The summed E-state index contributed by atoms with van der Waals surface area (Å²) in [5, 5.41) is 15.3. The number of aromatic amines is 2. The number of aromatic nitrogens is 6. The van der Waals surface area contributed by atoms with Crippen LogP contribution in [0.5, 0.6) is 11.5 Å². The maximum atomic E-state index is 13.9. The van der Waals surface area contributed by atoms with Crippen LogP contribution in [0.1, 0.15) is 24.5 Å². The predicted molar refractivity (Wildman–Crippen MR) is 174 cm³/mol. The van der Waals surface area contributed by atoms with E-state index < -0.39 is 11.6 Å². The van der Waals surface area contributed by atoms with Gasteiger partial charge in [-0.1, -0.05) is 12.1 Å². The van der Waals surface area contributed by atoms with Crippen LogP contribution < -0.4 is 20.9 Å². The number of halogens is 3. The van der Waals surface area contributed by atoms with Gasteiger partial charge in [0.1, 0.15) is 15.8 Å². The third-order valence-electron chi connectivity index (χ3n) is 7.47. The summed E-state index contributed by atoms with van der Waals surface area (Å²) >= 11 is 2.80. The second-order valence-electron chi connectivity index (χ2n) is 10.5. The zero-order chi connectivity index (χ0) is 32.1. The molecule has 0 unspecified atom stereocenters. The van der Waals surface area contributed by atoms with Crippen molar-refractivity contribution >= 4 is 54.7 Å². The van der Waals surface area contributed by atoms with Crippen LogP contribution in [0.15, 0.2) is 48.5 Å². The molecule has 0 saturated heterocycles. The summed E-state index contributed by atoms with van der Waals surface area (Å²) in [6.07, 6.45) is 2.28. The number of methoxy groups -OCH3 is 2. The van der Waals surface area contributed by atoms with Crippen LogP contribution in [-0.4, -0.2) is 44.6 Å².